The molecule has 0 aromatic heterocycles. The molecule has 21 heavy (non-hydrogen) atoms. The summed E-state index contributed by atoms with van der Waals surface area (Å²) < 4.78 is 23.8. The van der Waals surface area contributed by atoms with E-state index in [1.165, 1.54) is 18.2 Å². The number of fused-ring (bicyclic) bond motifs is 1. The fourth-order valence-electron chi connectivity index (χ4n) is 2.21. The summed E-state index contributed by atoms with van der Waals surface area (Å²) in [6, 6.07) is 11.3. The Balaban J connectivity index is 1.93. The standard InChI is InChI=1S/C17H13FO3/c1-20-14-5-2-11(3-6-14)8-12-10-21-16-7-4-13(18)9-15(16)17(12)19/h2-9H,10H2,1H3. The number of hydrogen-bond acceptors (Lipinski definition) is 3. The molecule has 0 saturated carbocycles. The number of carbonyl (C=O) groups is 1. The van der Waals surface area contributed by atoms with Crippen LogP contribution in [-0.4, -0.2) is 19.5 Å². The van der Waals surface area contributed by atoms with Crippen LogP contribution in [-0.2, 0) is 0 Å². The highest BCUT2D eigenvalue weighted by Gasteiger charge is 2.23. The van der Waals surface area contributed by atoms with Gasteiger partial charge in [-0.1, -0.05) is 12.1 Å². The normalized spacial score (nSPS) is 15.5. The monoisotopic (exact) mass is 284 g/mol. The van der Waals surface area contributed by atoms with Crippen LogP contribution in [0.2, 0.25) is 0 Å². The largest absolute Gasteiger partial charge is 0.497 e. The summed E-state index contributed by atoms with van der Waals surface area (Å²) in [6.45, 7) is 0.184. The van der Waals surface area contributed by atoms with Crippen molar-refractivity contribution in [2.75, 3.05) is 13.7 Å². The number of hydrogen-bond donors (Lipinski definition) is 0. The lowest BCUT2D eigenvalue weighted by molar-refractivity contribution is 0.1000. The van der Waals surface area contributed by atoms with Crippen molar-refractivity contribution in [1.82, 2.24) is 0 Å². The summed E-state index contributed by atoms with van der Waals surface area (Å²) in [4.78, 5) is 12.4. The molecular weight excluding hydrogens is 271 g/mol. The van der Waals surface area contributed by atoms with Crippen LogP contribution in [0.1, 0.15) is 15.9 Å². The molecule has 2 aromatic rings. The molecule has 3 nitrogen and oxygen atoms in total. The lowest BCUT2D eigenvalue weighted by Gasteiger charge is -2.18. The molecule has 3 rings (SSSR count). The maximum atomic E-state index is 13.3. The molecule has 4 heteroatoms. The molecule has 0 bridgehead atoms. The third-order valence-corrected chi connectivity index (χ3v) is 3.32. The molecule has 106 valence electrons. The molecule has 0 amide bonds. The van der Waals surface area contributed by atoms with E-state index in [2.05, 4.69) is 0 Å². The maximum Gasteiger partial charge on any atom is 0.196 e. The van der Waals surface area contributed by atoms with Crippen molar-refractivity contribution in [2.24, 2.45) is 0 Å². The SMILES string of the molecule is COc1ccc(C=C2COc3ccc(F)cc3C2=O)cc1. The Morgan fingerprint density at radius 3 is 2.67 bits per heavy atom. The van der Waals surface area contributed by atoms with E-state index < -0.39 is 5.82 Å². The second-order valence-corrected chi connectivity index (χ2v) is 4.70. The van der Waals surface area contributed by atoms with Gasteiger partial charge in [-0.25, -0.2) is 4.39 Å². The van der Waals surface area contributed by atoms with E-state index in [0.29, 0.717) is 11.3 Å². The van der Waals surface area contributed by atoms with Gasteiger partial charge in [0, 0.05) is 5.57 Å². The van der Waals surface area contributed by atoms with Gasteiger partial charge in [-0.05, 0) is 42.0 Å². The average molecular weight is 284 g/mol. The van der Waals surface area contributed by atoms with E-state index in [1.54, 1.807) is 13.2 Å². The Labute approximate surface area is 121 Å². The topological polar surface area (TPSA) is 35.5 Å². The van der Waals surface area contributed by atoms with Gasteiger partial charge >= 0.3 is 0 Å². The van der Waals surface area contributed by atoms with Gasteiger partial charge in [0.2, 0.25) is 0 Å². The number of methoxy groups -OCH3 is 1. The number of benzene rings is 2. The van der Waals surface area contributed by atoms with Crippen LogP contribution in [0.5, 0.6) is 11.5 Å². The van der Waals surface area contributed by atoms with Crippen molar-refractivity contribution in [2.45, 2.75) is 0 Å². The molecular formula is C17H13FO3. The lowest BCUT2D eigenvalue weighted by atomic mass is 9.98. The van der Waals surface area contributed by atoms with Gasteiger partial charge in [-0.15, -0.1) is 0 Å². The molecule has 0 saturated heterocycles. The van der Waals surface area contributed by atoms with Gasteiger partial charge in [0.1, 0.15) is 23.9 Å². The predicted molar refractivity (Wildman–Crippen MR) is 77.2 cm³/mol. The first-order valence-electron chi connectivity index (χ1n) is 6.49. The Bertz CT molecular complexity index is 717. The van der Waals surface area contributed by atoms with Gasteiger partial charge in [-0.3, -0.25) is 4.79 Å². The molecule has 0 atom stereocenters. The summed E-state index contributed by atoms with van der Waals surface area (Å²) in [5.41, 5.74) is 1.63. The van der Waals surface area contributed by atoms with E-state index in [-0.39, 0.29) is 18.0 Å². The van der Waals surface area contributed by atoms with Crippen LogP contribution < -0.4 is 9.47 Å². The zero-order chi connectivity index (χ0) is 14.8. The average Bonchev–Trinajstić information content (AvgIpc) is 2.51. The number of carbonyl (C=O) groups excluding carboxylic acids is 1. The van der Waals surface area contributed by atoms with Crippen LogP contribution in [0.25, 0.3) is 6.08 Å². The van der Waals surface area contributed by atoms with Gasteiger partial charge in [0.25, 0.3) is 0 Å². The highest BCUT2D eigenvalue weighted by molar-refractivity contribution is 6.14. The number of Topliss-reactive ketones (excluding diaryl/α,β-unsaturated/α-hetero) is 1. The van der Waals surface area contributed by atoms with Crippen molar-refractivity contribution < 1.29 is 18.7 Å². The molecule has 0 unspecified atom stereocenters. The van der Waals surface area contributed by atoms with Gasteiger partial charge in [0.15, 0.2) is 5.78 Å². The van der Waals surface area contributed by atoms with Gasteiger partial charge in [0.05, 0.1) is 12.7 Å². The molecule has 0 N–H and O–H groups in total. The van der Waals surface area contributed by atoms with Crippen LogP contribution >= 0.6 is 0 Å². The highest BCUT2D eigenvalue weighted by Crippen LogP contribution is 2.28. The Morgan fingerprint density at radius 2 is 1.95 bits per heavy atom. The minimum absolute atomic E-state index is 0.184. The fourth-order valence-corrected chi connectivity index (χ4v) is 2.21. The summed E-state index contributed by atoms with van der Waals surface area (Å²) in [6.07, 6.45) is 1.75. The number of ether oxygens (including phenoxy) is 2. The van der Waals surface area contributed by atoms with E-state index in [1.807, 2.05) is 24.3 Å². The maximum absolute atomic E-state index is 13.3. The predicted octanol–water partition coefficient (Wildman–Crippen LogP) is 3.49. The first-order valence-corrected chi connectivity index (χ1v) is 6.49. The first kappa shape index (κ1) is 13.4. The summed E-state index contributed by atoms with van der Waals surface area (Å²) >= 11 is 0. The smallest absolute Gasteiger partial charge is 0.196 e. The number of halogens is 1. The molecule has 0 radical (unpaired) electrons. The van der Waals surface area contributed by atoms with Crippen LogP contribution in [0.4, 0.5) is 4.39 Å². The fraction of sp³-hybridized carbons (Fsp3) is 0.118. The van der Waals surface area contributed by atoms with Crippen molar-refractivity contribution in [3.05, 3.63) is 65.0 Å². The molecule has 1 heterocycles. The van der Waals surface area contributed by atoms with Gasteiger partial charge in [-0.2, -0.15) is 0 Å². The first-order chi connectivity index (χ1) is 10.2. The van der Waals surface area contributed by atoms with E-state index in [4.69, 9.17) is 9.47 Å². The summed E-state index contributed by atoms with van der Waals surface area (Å²) in [5, 5.41) is 0. The molecule has 0 fully saturated rings. The van der Waals surface area contributed by atoms with Crippen LogP contribution in [0.15, 0.2) is 48.0 Å². The molecule has 0 spiro atoms. The van der Waals surface area contributed by atoms with Gasteiger partial charge < -0.3 is 9.47 Å². The van der Waals surface area contributed by atoms with Crippen LogP contribution in [0.3, 0.4) is 0 Å². The number of ketones is 1. The van der Waals surface area contributed by atoms with E-state index in [9.17, 15) is 9.18 Å². The minimum Gasteiger partial charge on any atom is -0.497 e. The van der Waals surface area contributed by atoms with E-state index in [0.717, 1.165) is 11.3 Å². The third kappa shape index (κ3) is 2.65. The second-order valence-electron chi connectivity index (χ2n) is 4.70. The zero-order valence-electron chi connectivity index (χ0n) is 11.4. The second kappa shape index (κ2) is 5.40. The van der Waals surface area contributed by atoms with Crippen LogP contribution in [0, 0.1) is 5.82 Å². The van der Waals surface area contributed by atoms with Crippen molar-refractivity contribution in [3.8, 4) is 11.5 Å². The summed E-state index contributed by atoms with van der Waals surface area (Å²) in [7, 11) is 1.59. The van der Waals surface area contributed by atoms with Crippen molar-refractivity contribution in [3.63, 3.8) is 0 Å². The molecule has 2 aromatic carbocycles. The third-order valence-electron chi connectivity index (χ3n) is 3.32. The molecule has 1 aliphatic rings. The van der Waals surface area contributed by atoms with Crippen molar-refractivity contribution >= 4 is 11.9 Å². The Hall–Kier alpha value is -2.62. The quantitative estimate of drug-likeness (QED) is 0.792. The molecule has 0 aliphatic carbocycles. The number of rotatable bonds is 2. The zero-order valence-corrected chi connectivity index (χ0v) is 11.4. The van der Waals surface area contributed by atoms with E-state index >= 15 is 0 Å². The Morgan fingerprint density at radius 1 is 1.19 bits per heavy atom. The lowest BCUT2D eigenvalue weighted by Crippen LogP contribution is -2.19. The summed E-state index contributed by atoms with van der Waals surface area (Å²) in [5.74, 6) is 0.520. The van der Waals surface area contributed by atoms with Crippen molar-refractivity contribution in [1.29, 1.82) is 0 Å². The Kier molecular flexibility index (Phi) is 3.44. The molecule has 1 aliphatic heterocycles. The minimum atomic E-state index is -0.448. The highest BCUT2D eigenvalue weighted by atomic mass is 19.1.